The Labute approximate surface area is 549 Å². The Morgan fingerprint density at radius 1 is 0.554 bits per heavy atom. The number of aliphatic hydroxyl groups is 1. The lowest BCUT2D eigenvalue weighted by Crippen LogP contribution is -2.63. The molecule has 0 aromatic heterocycles. The number of likely N-dealkylation sites (N-methyl/N-ethyl adjacent to an activating group) is 7. The van der Waals surface area contributed by atoms with Crippen LogP contribution < -0.4 is 21.3 Å². The second-order valence-electron chi connectivity index (χ2n) is 27.8. The summed E-state index contributed by atoms with van der Waals surface area (Å²) >= 11 is 0. The molecule has 1 heterocycles. The van der Waals surface area contributed by atoms with E-state index in [4.69, 9.17) is 4.74 Å². The molecular weight excluding hydrogens is 1180 g/mol. The number of amides is 11. The first-order chi connectivity index (χ1) is 42.4. The Morgan fingerprint density at radius 3 is 1.48 bits per heavy atom. The normalized spacial score (nSPS) is 26.0. The Hall–Kier alpha value is -6.92. The average Bonchev–Trinajstić information content (AvgIpc) is 0.813. The van der Waals surface area contributed by atoms with Crippen LogP contribution in [0.15, 0.2) is 23.8 Å². The lowest BCUT2D eigenvalue weighted by atomic mass is 9.91. The summed E-state index contributed by atoms with van der Waals surface area (Å²) < 4.78 is 5.86. The highest BCUT2D eigenvalue weighted by atomic mass is 16.6. The van der Waals surface area contributed by atoms with Crippen molar-refractivity contribution < 1.29 is 67.4 Å². The van der Waals surface area contributed by atoms with Gasteiger partial charge in [-0.15, -0.1) is 0 Å². The van der Waals surface area contributed by atoms with Crippen molar-refractivity contribution >= 4 is 70.9 Å². The zero-order chi connectivity index (χ0) is 71.5. The van der Waals surface area contributed by atoms with Crippen molar-refractivity contribution in [3.63, 3.8) is 0 Å². The predicted molar refractivity (Wildman–Crippen MR) is 353 cm³/mol. The summed E-state index contributed by atoms with van der Waals surface area (Å²) in [5.41, 5.74) is -1.17. The van der Waals surface area contributed by atoms with E-state index in [1.54, 1.807) is 94.4 Å². The monoisotopic (exact) mass is 1300 g/mol. The van der Waals surface area contributed by atoms with Gasteiger partial charge in [0, 0.05) is 61.3 Å². The second kappa shape index (κ2) is 37.1. The molecule has 2 unspecified atom stereocenters. The van der Waals surface area contributed by atoms with Crippen molar-refractivity contribution in [2.45, 2.75) is 242 Å². The molecule has 1 saturated heterocycles. The van der Waals surface area contributed by atoms with E-state index in [-0.39, 0.29) is 61.9 Å². The summed E-state index contributed by atoms with van der Waals surface area (Å²) in [5, 5.41) is 23.1. The summed E-state index contributed by atoms with van der Waals surface area (Å²) in [6.07, 6.45) is 3.86. The largest absolute Gasteiger partial charge is 0.456 e. The third-order valence-electron chi connectivity index (χ3n) is 17.2. The van der Waals surface area contributed by atoms with Crippen LogP contribution >= 0.6 is 0 Å². The van der Waals surface area contributed by atoms with Crippen LogP contribution in [0.1, 0.15) is 170 Å². The molecule has 12 atom stereocenters. The number of carbonyl (C=O) groups is 12. The van der Waals surface area contributed by atoms with Gasteiger partial charge in [0.1, 0.15) is 66.0 Å². The lowest BCUT2D eigenvalue weighted by molar-refractivity contribution is -0.157. The Balaban J connectivity index is 4.46. The van der Waals surface area contributed by atoms with Gasteiger partial charge in [-0.25, -0.2) is 4.79 Å². The van der Waals surface area contributed by atoms with Gasteiger partial charge in [0.2, 0.25) is 65.0 Å². The molecule has 5 N–H and O–H groups in total. The molecule has 1 aliphatic heterocycles. The molecule has 0 spiro atoms. The summed E-state index contributed by atoms with van der Waals surface area (Å²) in [4.78, 5) is 183. The maximum absolute atomic E-state index is 15.2. The number of hydrogen-bond acceptors (Lipinski definition) is 14. The molecule has 1 aliphatic rings. The maximum Gasteiger partial charge on any atom is 0.333 e. The molecule has 25 heteroatoms. The fraction of sp³-hybridized carbons (Fsp3) is 0.761. The van der Waals surface area contributed by atoms with Gasteiger partial charge in [-0.2, -0.15) is 0 Å². The van der Waals surface area contributed by atoms with Gasteiger partial charge in [-0.1, -0.05) is 101 Å². The zero-order valence-corrected chi connectivity index (χ0v) is 60.4. The zero-order valence-electron chi connectivity index (χ0n) is 60.4. The Kier molecular flexibility index (Phi) is 33.5. The van der Waals surface area contributed by atoms with Gasteiger partial charge in [0.05, 0.1) is 12.6 Å². The van der Waals surface area contributed by atoms with Gasteiger partial charge in [-0.3, -0.25) is 52.7 Å². The molecule has 1 fully saturated rings. The van der Waals surface area contributed by atoms with Crippen LogP contribution in [0.3, 0.4) is 0 Å². The number of aliphatic hydroxyl groups excluding tert-OH is 1. The van der Waals surface area contributed by atoms with E-state index in [2.05, 4.69) is 21.3 Å². The molecule has 0 saturated carbocycles. The molecule has 0 bridgehead atoms. The van der Waals surface area contributed by atoms with Gasteiger partial charge in [-0.05, 0) is 116 Å². The third kappa shape index (κ3) is 23.3. The first-order valence-electron chi connectivity index (χ1n) is 32.6. The van der Waals surface area contributed by atoms with Gasteiger partial charge in [0.25, 0.3) is 0 Å². The Morgan fingerprint density at radius 2 is 1.01 bits per heavy atom. The number of nitrogens with one attached hydrogen (secondary N) is 4. The summed E-state index contributed by atoms with van der Waals surface area (Å²) in [6, 6.07) is -13.2. The van der Waals surface area contributed by atoms with Crippen LogP contribution in [-0.2, 0) is 62.3 Å². The van der Waals surface area contributed by atoms with Crippen LogP contribution in [-0.4, -0.2) is 238 Å². The topological polar surface area (TPSA) is 305 Å². The molecule has 0 aromatic rings. The predicted octanol–water partition coefficient (Wildman–Crippen LogP) is 3.90. The molecule has 0 aliphatic carbocycles. The third-order valence-corrected chi connectivity index (χ3v) is 17.2. The van der Waals surface area contributed by atoms with Gasteiger partial charge >= 0.3 is 5.97 Å². The fourth-order valence-electron chi connectivity index (χ4n) is 11.2. The summed E-state index contributed by atoms with van der Waals surface area (Å²) in [6.45, 7) is 31.4. The number of hydrogen-bond donors (Lipinski definition) is 5. The number of nitrogens with zero attached hydrogens (tertiary/aromatic N) is 7. The van der Waals surface area contributed by atoms with Crippen molar-refractivity contribution in [1.82, 2.24) is 55.6 Å². The molecule has 0 aromatic carbocycles. The average molecular weight is 1300 g/mol. The SMILES string of the molecule is C/C=C(/C)C(=O)OC(C)(C)C[C@H]1C(=O)N[C@@H](C(C)C)C(=O)N(C)[C@@H](CC(C)C)C(=O)N[C@@H](C)C(=O)N[C@H](C)C(=O)N(C)[C@@H](CC(C)C)C(=O)N(C)[C@@H](CC(C)C)C(=O)N(C)[C@@H](C(C)C)C(=O)N(C)[C@@H](C(O)C(C)C/C=C/C)C(=O)N[C@@H](CC)C(=O)N(C)CC(=O)N1C. The van der Waals surface area contributed by atoms with E-state index in [9.17, 15) is 48.3 Å². The van der Waals surface area contributed by atoms with Gasteiger partial charge in [0.15, 0.2) is 0 Å². The minimum absolute atomic E-state index is 0.0348. The number of esters is 1. The first-order valence-corrected chi connectivity index (χ1v) is 32.6. The van der Waals surface area contributed by atoms with Crippen molar-refractivity contribution in [2.75, 3.05) is 55.9 Å². The molecule has 92 heavy (non-hydrogen) atoms. The molecule has 25 nitrogen and oxygen atoms in total. The van der Waals surface area contributed by atoms with Crippen LogP contribution in [0.2, 0.25) is 0 Å². The van der Waals surface area contributed by atoms with E-state index in [1.807, 2.05) is 41.5 Å². The number of carbonyl (C=O) groups excluding carboxylic acids is 12. The highest BCUT2D eigenvalue weighted by molar-refractivity contribution is 6.00. The van der Waals surface area contributed by atoms with Crippen LogP contribution in [0.5, 0.6) is 0 Å². The highest BCUT2D eigenvalue weighted by Gasteiger charge is 2.46. The molecule has 524 valence electrons. The van der Waals surface area contributed by atoms with Crippen molar-refractivity contribution in [3.05, 3.63) is 23.8 Å². The van der Waals surface area contributed by atoms with E-state index in [1.165, 1.54) is 82.8 Å². The maximum atomic E-state index is 15.2. The van der Waals surface area contributed by atoms with Crippen LogP contribution in [0, 0.1) is 35.5 Å². The fourth-order valence-corrected chi connectivity index (χ4v) is 11.2. The highest BCUT2D eigenvalue weighted by Crippen LogP contribution is 2.27. The smallest absolute Gasteiger partial charge is 0.333 e. The molecule has 0 radical (unpaired) electrons. The minimum Gasteiger partial charge on any atom is -0.456 e. The summed E-state index contributed by atoms with van der Waals surface area (Å²) in [5.74, 6) is -11.2. The van der Waals surface area contributed by atoms with E-state index in [0.717, 1.165) is 14.7 Å². The van der Waals surface area contributed by atoms with Crippen LogP contribution in [0.4, 0.5) is 0 Å². The van der Waals surface area contributed by atoms with Crippen molar-refractivity contribution in [3.8, 4) is 0 Å². The second-order valence-corrected chi connectivity index (χ2v) is 27.8. The van der Waals surface area contributed by atoms with Crippen molar-refractivity contribution in [1.29, 1.82) is 0 Å². The lowest BCUT2D eigenvalue weighted by Gasteiger charge is -2.41. The molecule has 11 amide bonds. The molecule has 1 rings (SSSR count). The van der Waals surface area contributed by atoms with Crippen molar-refractivity contribution in [2.24, 2.45) is 35.5 Å². The number of allylic oxidation sites excluding steroid dienone is 3. The van der Waals surface area contributed by atoms with E-state index >= 15 is 14.4 Å². The Bertz CT molecular complexity index is 2640. The molecular formula is C67H117N11O14. The minimum atomic E-state index is -1.66. The summed E-state index contributed by atoms with van der Waals surface area (Å²) in [7, 11) is 9.65. The van der Waals surface area contributed by atoms with Gasteiger partial charge < -0.3 is 65.4 Å². The number of ether oxygens (including phenoxy) is 1. The standard InChI is InChI=1S/C67H117N11O14/c1-27-30-31-43(15)55(80)54-59(84)70-46(29-3)61(86)72(20)36-51(79)73(21)50(35-67(18,19)92-66(91)42(14)28-2)58(83)71-52(40(10)11)64(89)74(22)47(32-37(4)5)57(82)68-44(16)56(81)69-45(17)60(85)75(23)48(33-38(6)7)62(87)76(24)49(34-39(8)9)63(88)77(25)53(41(12)13)65(90)78(54)26/h27-28,30,37-41,43-50,52-55,80H,29,31-36H2,1-26H3,(H,68,82)(H,69,81)(H,70,84)(H,71,83)/b30-27+,42-28-/t43?,44-,45+,46-,47-,48-,49-,50-,52-,53-,54-,55?/m0/s1. The van der Waals surface area contributed by atoms with Crippen LogP contribution in [0.25, 0.3) is 0 Å². The van der Waals surface area contributed by atoms with E-state index in [0.29, 0.717) is 0 Å². The van der Waals surface area contributed by atoms with E-state index < -0.39 is 167 Å². The first kappa shape index (κ1) is 83.1. The quantitative estimate of drug-likeness (QED) is 0.0784. The number of rotatable bonds is 17.